The molecule has 0 spiro atoms. The molecule has 1 N–H and O–H groups in total. The lowest BCUT2D eigenvalue weighted by molar-refractivity contribution is -0.0516. The molecule has 0 aromatic heterocycles. The molecule has 1 saturated heterocycles. The van der Waals surface area contributed by atoms with Crippen molar-refractivity contribution in [2.45, 2.75) is 25.0 Å². The van der Waals surface area contributed by atoms with E-state index in [9.17, 15) is 0 Å². The van der Waals surface area contributed by atoms with Gasteiger partial charge in [0.15, 0.2) is 0 Å². The summed E-state index contributed by atoms with van der Waals surface area (Å²) in [5.41, 5.74) is 2.09. The highest BCUT2D eigenvalue weighted by Crippen LogP contribution is 2.45. The van der Waals surface area contributed by atoms with Crippen molar-refractivity contribution in [1.29, 1.82) is 0 Å². The summed E-state index contributed by atoms with van der Waals surface area (Å²) < 4.78 is 5.95. The van der Waals surface area contributed by atoms with Gasteiger partial charge in [-0.15, -0.1) is 0 Å². The summed E-state index contributed by atoms with van der Waals surface area (Å²) in [6.07, 6.45) is 0. The lowest BCUT2D eigenvalue weighted by Gasteiger charge is -2.37. The summed E-state index contributed by atoms with van der Waals surface area (Å²) in [6.45, 7) is 4.48. The van der Waals surface area contributed by atoms with Crippen molar-refractivity contribution in [1.82, 2.24) is 5.32 Å². The van der Waals surface area contributed by atoms with Gasteiger partial charge < -0.3 is 10.1 Å². The first-order valence-corrected chi connectivity index (χ1v) is 6.19. The van der Waals surface area contributed by atoms with E-state index in [4.69, 9.17) is 27.9 Å². The maximum atomic E-state index is 6.30. The van der Waals surface area contributed by atoms with Crippen LogP contribution >= 0.6 is 23.2 Å². The first-order chi connectivity index (χ1) is 7.62. The Bertz CT molecular complexity index is 449. The number of nitrogens with one attached hydrogen (secondary N) is 1. The van der Waals surface area contributed by atoms with E-state index in [2.05, 4.69) is 12.2 Å². The molecule has 1 aromatic carbocycles. The predicted octanol–water partition coefficient (Wildman–Crippen LogP) is 2.97. The van der Waals surface area contributed by atoms with Crippen molar-refractivity contribution >= 4 is 23.2 Å². The Labute approximate surface area is 105 Å². The van der Waals surface area contributed by atoms with Crippen molar-refractivity contribution < 1.29 is 4.74 Å². The number of fused-ring (bicyclic) bond motifs is 3. The summed E-state index contributed by atoms with van der Waals surface area (Å²) in [4.78, 5) is 0. The second-order valence-electron chi connectivity index (χ2n) is 4.71. The van der Waals surface area contributed by atoms with Gasteiger partial charge in [-0.3, -0.25) is 0 Å². The van der Waals surface area contributed by atoms with Gasteiger partial charge in [-0.2, -0.15) is 0 Å². The van der Waals surface area contributed by atoms with E-state index in [-0.39, 0.29) is 5.60 Å². The third-order valence-corrected chi connectivity index (χ3v) is 4.39. The Balaban J connectivity index is 2.19. The standard InChI is InChI=1S/C12H13Cl2NO/c1-12-6-15-4-8(12)11-7(5-16-12)9(13)2-3-10(11)14/h2-3,8,15H,4-6H2,1H3. The van der Waals surface area contributed by atoms with E-state index in [1.54, 1.807) is 0 Å². The largest absolute Gasteiger partial charge is 0.369 e. The van der Waals surface area contributed by atoms with Crippen LogP contribution in [0.4, 0.5) is 0 Å². The first kappa shape index (κ1) is 10.8. The van der Waals surface area contributed by atoms with Crippen molar-refractivity contribution in [2.24, 2.45) is 0 Å². The lowest BCUT2D eigenvalue weighted by atomic mass is 9.81. The third-order valence-electron chi connectivity index (χ3n) is 3.70. The van der Waals surface area contributed by atoms with Gasteiger partial charge in [0.1, 0.15) is 0 Å². The van der Waals surface area contributed by atoms with Crippen molar-refractivity contribution in [3.05, 3.63) is 33.3 Å². The van der Waals surface area contributed by atoms with Gasteiger partial charge in [-0.1, -0.05) is 23.2 Å². The average molecular weight is 258 g/mol. The zero-order valence-electron chi connectivity index (χ0n) is 9.02. The summed E-state index contributed by atoms with van der Waals surface area (Å²) in [5.74, 6) is 0.308. The van der Waals surface area contributed by atoms with E-state index < -0.39 is 0 Å². The molecule has 1 aromatic rings. The number of halogens is 2. The highest BCUT2D eigenvalue weighted by atomic mass is 35.5. The minimum atomic E-state index is -0.138. The molecule has 2 aliphatic rings. The van der Waals surface area contributed by atoms with Gasteiger partial charge >= 0.3 is 0 Å². The van der Waals surface area contributed by atoms with Crippen molar-refractivity contribution in [3.8, 4) is 0 Å². The summed E-state index contributed by atoms with van der Waals surface area (Å²) in [6, 6.07) is 3.73. The van der Waals surface area contributed by atoms with Crippen LogP contribution in [0.5, 0.6) is 0 Å². The number of ether oxygens (including phenoxy) is 1. The quantitative estimate of drug-likeness (QED) is 0.772. The molecule has 2 aliphatic heterocycles. The number of rotatable bonds is 0. The molecule has 0 radical (unpaired) electrons. The van der Waals surface area contributed by atoms with Crippen LogP contribution < -0.4 is 5.32 Å². The average Bonchev–Trinajstić information content (AvgIpc) is 2.64. The van der Waals surface area contributed by atoms with Gasteiger partial charge in [-0.05, 0) is 24.6 Å². The Morgan fingerprint density at radius 1 is 1.38 bits per heavy atom. The van der Waals surface area contributed by atoms with Crippen LogP contribution in [-0.2, 0) is 11.3 Å². The predicted molar refractivity (Wildman–Crippen MR) is 65.3 cm³/mol. The molecule has 2 atom stereocenters. The van der Waals surface area contributed by atoms with Crippen LogP contribution in [0.2, 0.25) is 10.0 Å². The number of hydrogen-bond donors (Lipinski definition) is 1. The number of hydrogen-bond acceptors (Lipinski definition) is 2. The SMILES string of the molecule is CC12CNCC1c1c(Cl)ccc(Cl)c1CO2. The van der Waals surface area contributed by atoms with Crippen molar-refractivity contribution in [2.75, 3.05) is 13.1 Å². The van der Waals surface area contributed by atoms with Crippen molar-refractivity contribution in [3.63, 3.8) is 0 Å². The Morgan fingerprint density at radius 2 is 2.12 bits per heavy atom. The van der Waals surface area contributed by atoms with E-state index in [1.165, 1.54) is 5.56 Å². The van der Waals surface area contributed by atoms with Crippen LogP contribution in [-0.4, -0.2) is 18.7 Å². The van der Waals surface area contributed by atoms with Gasteiger partial charge in [0, 0.05) is 34.6 Å². The molecular weight excluding hydrogens is 245 g/mol. The highest BCUT2D eigenvalue weighted by molar-refractivity contribution is 6.34. The first-order valence-electron chi connectivity index (χ1n) is 5.43. The third kappa shape index (κ3) is 1.41. The molecule has 2 nitrogen and oxygen atoms in total. The fourth-order valence-corrected chi connectivity index (χ4v) is 3.26. The van der Waals surface area contributed by atoms with Gasteiger partial charge in [0.05, 0.1) is 12.2 Å². The Hall–Kier alpha value is -0.280. The van der Waals surface area contributed by atoms with Gasteiger partial charge in [0.25, 0.3) is 0 Å². The normalized spacial score (nSPS) is 32.3. The monoisotopic (exact) mass is 257 g/mol. The van der Waals surface area contributed by atoms with E-state index >= 15 is 0 Å². The lowest BCUT2D eigenvalue weighted by Crippen LogP contribution is -2.40. The Morgan fingerprint density at radius 3 is 2.94 bits per heavy atom. The fraction of sp³-hybridized carbons (Fsp3) is 0.500. The van der Waals surface area contributed by atoms with Crippen LogP contribution in [0.15, 0.2) is 12.1 Å². The zero-order valence-corrected chi connectivity index (χ0v) is 10.5. The number of benzene rings is 1. The minimum absolute atomic E-state index is 0.138. The smallest absolute Gasteiger partial charge is 0.0863 e. The van der Waals surface area contributed by atoms with Crippen LogP contribution in [0, 0.1) is 0 Å². The van der Waals surface area contributed by atoms with Crippen LogP contribution in [0.1, 0.15) is 24.0 Å². The molecule has 0 saturated carbocycles. The fourth-order valence-electron chi connectivity index (χ4n) is 2.73. The van der Waals surface area contributed by atoms with Crippen LogP contribution in [0.3, 0.4) is 0 Å². The molecule has 3 rings (SSSR count). The maximum absolute atomic E-state index is 6.30. The van der Waals surface area contributed by atoms with E-state index in [1.807, 2.05) is 12.1 Å². The molecular formula is C12H13Cl2NO. The Kier molecular flexibility index (Phi) is 2.44. The second kappa shape index (κ2) is 3.61. The molecule has 0 bridgehead atoms. The second-order valence-corrected chi connectivity index (χ2v) is 5.52. The van der Waals surface area contributed by atoms with Gasteiger partial charge in [0.2, 0.25) is 0 Å². The zero-order chi connectivity index (χ0) is 11.3. The molecule has 1 fully saturated rings. The molecule has 2 unspecified atom stereocenters. The van der Waals surface area contributed by atoms with Gasteiger partial charge in [-0.25, -0.2) is 0 Å². The molecule has 2 heterocycles. The summed E-state index contributed by atoms with van der Waals surface area (Å²) in [5, 5.41) is 4.93. The summed E-state index contributed by atoms with van der Waals surface area (Å²) >= 11 is 12.5. The molecule has 4 heteroatoms. The van der Waals surface area contributed by atoms with E-state index in [0.717, 1.165) is 28.7 Å². The maximum Gasteiger partial charge on any atom is 0.0863 e. The molecule has 0 amide bonds. The molecule has 86 valence electrons. The minimum Gasteiger partial charge on any atom is -0.369 e. The topological polar surface area (TPSA) is 21.3 Å². The highest BCUT2D eigenvalue weighted by Gasteiger charge is 2.45. The van der Waals surface area contributed by atoms with E-state index in [0.29, 0.717) is 12.5 Å². The summed E-state index contributed by atoms with van der Waals surface area (Å²) in [7, 11) is 0. The van der Waals surface area contributed by atoms with Crippen LogP contribution in [0.25, 0.3) is 0 Å². The molecule has 16 heavy (non-hydrogen) atoms. The molecule has 0 aliphatic carbocycles.